The molecule has 0 bridgehead atoms. The first-order valence-electron chi connectivity index (χ1n) is 6.62. The number of rotatable bonds is 5. The van der Waals surface area contributed by atoms with Crippen molar-refractivity contribution in [3.8, 4) is 0 Å². The number of carbonyl (C=O) groups excluding carboxylic acids is 1. The van der Waals surface area contributed by atoms with Gasteiger partial charge in [0.2, 0.25) is 0 Å². The lowest BCUT2D eigenvalue weighted by Gasteiger charge is -2.22. The van der Waals surface area contributed by atoms with E-state index in [1.165, 1.54) is 16.0 Å². The van der Waals surface area contributed by atoms with Crippen molar-refractivity contribution in [2.24, 2.45) is 7.05 Å². The van der Waals surface area contributed by atoms with E-state index in [1.807, 2.05) is 24.4 Å². The van der Waals surface area contributed by atoms with Crippen LogP contribution in [0.15, 0.2) is 17.5 Å². The fraction of sp³-hybridized carbons (Fsp3) is 0.429. The SMILES string of the molecule is CCc1nn(C)c(Cl)c1C(=O)NCC(C)(O)c1cccs1. The van der Waals surface area contributed by atoms with Gasteiger partial charge in [0.05, 0.1) is 17.8 Å². The van der Waals surface area contributed by atoms with Crippen LogP contribution in [0.3, 0.4) is 0 Å². The van der Waals surface area contributed by atoms with Crippen LogP contribution >= 0.6 is 22.9 Å². The van der Waals surface area contributed by atoms with Crippen LogP contribution in [0.25, 0.3) is 0 Å². The van der Waals surface area contributed by atoms with E-state index in [0.29, 0.717) is 22.8 Å². The highest BCUT2D eigenvalue weighted by Crippen LogP contribution is 2.25. The molecule has 0 radical (unpaired) electrons. The molecule has 2 N–H and O–H groups in total. The predicted octanol–water partition coefficient (Wildman–Crippen LogP) is 2.33. The van der Waals surface area contributed by atoms with Crippen molar-refractivity contribution < 1.29 is 9.90 Å². The van der Waals surface area contributed by atoms with Gasteiger partial charge in [-0.2, -0.15) is 5.10 Å². The van der Waals surface area contributed by atoms with Gasteiger partial charge in [-0.1, -0.05) is 24.6 Å². The fourth-order valence-electron chi connectivity index (χ4n) is 2.04. The van der Waals surface area contributed by atoms with Gasteiger partial charge in [0.25, 0.3) is 5.91 Å². The summed E-state index contributed by atoms with van der Waals surface area (Å²) in [6.07, 6.45) is 0.616. The maximum absolute atomic E-state index is 12.3. The second-order valence-electron chi connectivity index (χ2n) is 5.02. The third-order valence-corrected chi connectivity index (χ3v) is 4.81. The summed E-state index contributed by atoms with van der Waals surface area (Å²) in [7, 11) is 1.69. The molecule has 0 spiro atoms. The van der Waals surface area contributed by atoms with Gasteiger partial charge in [0.15, 0.2) is 0 Å². The number of carbonyl (C=O) groups is 1. The molecular formula is C14H18ClN3O2S. The molecule has 2 aromatic heterocycles. The van der Waals surface area contributed by atoms with Gasteiger partial charge in [0.1, 0.15) is 10.8 Å². The molecule has 0 aliphatic rings. The Labute approximate surface area is 132 Å². The van der Waals surface area contributed by atoms with Gasteiger partial charge in [-0.15, -0.1) is 11.3 Å². The molecule has 1 atom stereocenters. The van der Waals surface area contributed by atoms with Crippen LogP contribution in [0.1, 0.15) is 34.8 Å². The number of nitrogens with zero attached hydrogens (tertiary/aromatic N) is 2. The van der Waals surface area contributed by atoms with Crippen LogP contribution in [0, 0.1) is 0 Å². The van der Waals surface area contributed by atoms with E-state index in [1.54, 1.807) is 14.0 Å². The molecule has 2 heterocycles. The monoisotopic (exact) mass is 327 g/mol. The number of hydrogen-bond donors (Lipinski definition) is 2. The highest BCUT2D eigenvalue weighted by atomic mass is 35.5. The number of aliphatic hydroxyl groups is 1. The first-order valence-corrected chi connectivity index (χ1v) is 7.88. The largest absolute Gasteiger partial charge is 0.383 e. The molecule has 0 saturated carbocycles. The molecular weight excluding hydrogens is 310 g/mol. The van der Waals surface area contributed by atoms with Gasteiger partial charge < -0.3 is 10.4 Å². The Morgan fingerprint density at radius 2 is 2.33 bits per heavy atom. The van der Waals surface area contributed by atoms with E-state index in [9.17, 15) is 9.90 Å². The summed E-state index contributed by atoms with van der Waals surface area (Å²) in [4.78, 5) is 13.1. The van der Waals surface area contributed by atoms with Crippen molar-refractivity contribution in [1.29, 1.82) is 0 Å². The van der Waals surface area contributed by atoms with E-state index < -0.39 is 5.60 Å². The minimum absolute atomic E-state index is 0.112. The molecule has 0 aliphatic carbocycles. The summed E-state index contributed by atoms with van der Waals surface area (Å²) in [5, 5.41) is 19.6. The van der Waals surface area contributed by atoms with Crippen molar-refractivity contribution in [3.63, 3.8) is 0 Å². The minimum Gasteiger partial charge on any atom is -0.383 e. The van der Waals surface area contributed by atoms with Crippen LogP contribution in [0.2, 0.25) is 5.15 Å². The predicted molar refractivity (Wildman–Crippen MR) is 83.8 cm³/mol. The van der Waals surface area contributed by atoms with Crippen molar-refractivity contribution in [3.05, 3.63) is 38.8 Å². The van der Waals surface area contributed by atoms with Crippen LogP contribution in [0.5, 0.6) is 0 Å². The second-order valence-corrected chi connectivity index (χ2v) is 6.33. The lowest BCUT2D eigenvalue weighted by Crippen LogP contribution is -2.38. The Morgan fingerprint density at radius 3 is 2.90 bits per heavy atom. The molecule has 0 fully saturated rings. The summed E-state index contributed by atoms with van der Waals surface area (Å²) in [5.74, 6) is -0.318. The Bertz CT molecular complexity index is 635. The summed E-state index contributed by atoms with van der Waals surface area (Å²) < 4.78 is 1.48. The Morgan fingerprint density at radius 1 is 1.62 bits per heavy atom. The lowest BCUT2D eigenvalue weighted by atomic mass is 10.0. The van der Waals surface area contributed by atoms with Gasteiger partial charge in [-0.25, -0.2) is 0 Å². The molecule has 5 nitrogen and oxygen atoms in total. The topological polar surface area (TPSA) is 67.2 Å². The fourth-order valence-corrected chi connectivity index (χ4v) is 3.06. The van der Waals surface area contributed by atoms with E-state index in [4.69, 9.17) is 11.6 Å². The highest BCUT2D eigenvalue weighted by molar-refractivity contribution is 7.10. The molecule has 0 aliphatic heterocycles. The number of halogens is 1. The lowest BCUT2D eigenvalue weighted by molar-refractivity contribution is 0.0556. The van der Waals surface area contributed by atoms with Crippen molar-refractivity contribution in [2.75, 3.05) is 6.54 Å². The number of aromatic nitrogens is 2. The Hall–Kier alpha value is -1.37. The number of amides is 1. The maximum atomic E-state index is 12.3. The molecule has 1 amide bonds. The van der Waals surface area contributed by atoms with E-state index >= 15 is 0 Å². The smallest absolute Gasteiger partial charge is 0.256 e. The highest BCUT2D eigenvalue weighted by Gasteiger charge is 2.27. The Balaban J connectivity index is 2.12. The van der Waals surface area contributed by atoms with Gasteiger partial charge in [-0.05, 0) is 24.8 Å². The van der Waals surface area contributed by atoms with E-state index in [0.717, 1.165) is 4.88 Å². The van der Waals surface area contributed by atoms with Gasteiger partial charge in [-0.3, -0.25) is 9.48 Å². The summed E-state index contributed by atoms with van der Waals surface area (Å²) in [5.41, 5.74) is -0.0790. The average molecular weight is 328 g/mol. The summed E-state index contributed by atoms with van der Waals surface area (Å²) >= 11 is 7.56. The standard InChI is InChI=1S/C14H18ClN3O2S/c1-4-9-11(12(15)18(3)17-9)13(19)16-8-14(2,20)10-6-5-7-21-10/h5-7,20H,4,8H2,1-3H3,(H,16,19). The zero-order chi connectivity index (χ0) is 15.6. The molecule has 114 valence electrons. The minimum atomic E-state index is -1.11. The van der Waals surface area contributed by atoms with Crippen molar-refractivity contribution in [1.82, 2.24) is 15.1 Å². The number of nitrogens with one attached hydrogen (secondary N) is 1. The Kier molecular flexibility index (Phi) is 4.70. The third kappa shape index (κ3) is 3.28. The third-order valence-electron chi connectivity index (χ3n) is 3.26. The van der Waals surface area contributed by atoms with E-state index in [-0.39, 0.29) is 12.5 Å². The molecule has 21 heavy (non-hydrogen) atoms. The average Bonchev–Trinajstić information content (AvgIpc) is 3.06. The molecule has 7 heteroatoms. The van der Waals surface area contributed by atoms with Gasteiger partial charge in [0, 0.05) is 11.9 Å². The first-order chi connectivity index (χ1) is 9.86. The number of hydrogen-bond acceptors (Lipinski definition) is 4. The number of aryl methyl sites for hydroxylation is 2. The second kappa shape index (κ2) is 6.17. The van der Waals surface area contributed by atoms with Gasteiger partial charge >= 0.3 is 0 Å². The molecule has 0 aromatic carbocycles. The van der Waals surface area contributed by atoms with Crippen molar-refractivity contribution in [2.45, 2.75) is 25.9 Å². The molecule has 1 unspecified atom stereocenters. The maximum Gasteiger partial charge on any atom is 0.256 e. The summed E-state index contributed by atoms with van der Waals surface area (Å²) in [6, 6.07) is 3.70. The normalized spacial score (nSPS) is 14.0. The zero-order valence-electron chi connectivity index (χ0n) is 12.2. The summed E-state index contributed by atoms with van der Waals surface area (Å²) in [6.45, 7) is 3.70. The quantitative estimate of drug-likeness (QED) is 0.885. The van der Waals surface area contributed by atoms with Crippen molar-refractivity contribution >= 4 is 28.8 Å². The van der Waals surface area contributed by atoms with Crippen LogP contribution in [-0.4, -0.2) is 27.3 Å². The van der Waals surface area contributed by atoms with Crippen LogP contribution in [-0.2, 0) is 19.1 Å². The molecule has 2 rings (SSSR count). The van der Waals surface area contributed by atoms with Crippen LogP contribution < -0.4 is 5.32 Å². The number of thiophene rings is 1. The van der Waals surface area contributed by atoms with E-state index in [2.05, 4.69) is 10.4 Å². The first kappa shape index (κ1) is 16.0. The molecule has 2 aromatic rings. The zero-order valence-corrected chi connectivity index (χ0v) is 13.8. The van der Waals surface area contributed by atoms with Crippen LogP contribution in [0.4, 0.5) is 0 Å². The molecule has 0 saturated heterocycles.